The molecule has 2 unspecified atom stereocenters. The van der Waals surface area contributed by atoms with Crippen molar-refractivity contribution in [1.29, 1.82) is 0 Å². The van der Waals surface area contributed by atoms with Gasteiger partial charge in [-0.15, -0.1) is 0 Å². The third kappa shape index (κ3) is 3.56. The molecule has 0 saturated carbocycles. The third-order valence-electron chi connectivity index (χ3n) is 3.56. The molecule has 0 fully saturated rings. The van der Waals surface area contributed by atoms with Crippen LogP contribution in [0.5, 0.6) is 11.5 Å². The van der Waals surface area contributed by atoms with Gasteiger partial charge in [-0.2, -0.15) is 0 Å². The Morgan fingerprint density at radius 3 is 1.43 bits per heavy atom. The third-order valence-corrected chi connectivity index (χ3v) is 3.56. The lowest BCUT2D eigenvalue weighted by Gasteiger charge is -2.22. The fraction of sp³-hybridized carbons (Fsp3) is 0.333. The fourth-order valence-corrected chi connectivity index (χ4v) is 2.46. The monoisotopic (exact) mass is 286 g/mol. The fourth-order valence-electron chi connectivity index (χ4n) is 2.46. The van der Waals surface area contributed by atoms with Gasteiger partial charge in [-0.3, -0.25) is 0 Å². The highest BCUT2D eigenvalue weighted by molar-refractivity contribution is 5.36. The molecule has 0 bridgehead atoms. The van der Waals surface area contributed by atoms with Crippen LogP contribution in [0.1, 0.15) is 37.2 Å². The molecule has 0 heterocycles. The van der Waals surface area contributed by atoms with Gasteiger partial charge < -0.3 is 14.2 Å². The summed E-state index contributed by atoms with van der Waals surface area (Å²) in [4.78, 5) is 0. The molecule has 0 aliphatic carbocycles. The SMILES string of the molecule is COc1ccccc1C(C)OC(C)c1ccccc1OC. The van der Waals surface area contributed by atoms with E-state index >= 15 is 0 Å². The Bertz CT molecular complexity index is 529. The summed E-state index contributed by atoms with van der Waals surface area (Å²) in [7, 11) is 3.35. The number of para-hydroxylation sites is 2. The van der Waals surface area contributed by atoms with Gasteiger partial charge in [0.1, 0.15) is 11.5 Å². The molecular formula is C18H22O3. The summed E-state index contributed by atoms with van der Waals surface area (Å²) in [5, 5.41) is 0. The summed E-state index contributed by atoms with van der Waals surface area (Å²) in [5.41, 5.74) is 2.09. The Kier molecular flexibility index (Phi) is 5.23. The van der Waals surface area contributed by atoms with Crippen molar-refractivity contribution in [2.45, 2.75) is 26.1 Å². The molecule has 0 aromatic heterocycles. The maximum Gasteiger partial charge on any atom is 0.124 e. The molecule has 2 atom stereocenters. The average Bonchev–Trinajstić information content (AvgIpc) is 2.54. The normalized spacial score (nSPS) is 13.5. The highest BCUT2D eigenvalue weighted by Gasteiger charge is 2.18. The van der Waals surface area contributed by atoms with E-state index in [0.29, 0.717) is 0 Å². The molecule has 0 aliphatic heterocycles. The van der Waals surface area contributed by atoms with E-state index in [-0.39, 0.29) is 12.2 Å². The number of hydrogen-bond donors (Lipinski definition) is 0. The van der Waals surface area contributed by atoms with E-state index in [1.807, 2.05) is 62.4 Å². The average molecular weight is 286 g/mol. The van der Waals surface area contributed by atoms with Crippen LogP contribution in [0.15, 0.2) is 48.5 Å². The molecule has 0 N–H and O–H groups in total. The highest BCUT2D eigenvalue weighted by Crippen LogP contribution is 2.34. The number of ether oxygens (including phenoxy) is 3. The number of rotatable bonds is 6. The van der Waals surface area contributed by atoms with Crippen molar-refractivity contribution in [3.8, 4) is 11.5 Å². The van der Waals surface area contributed by atoms with Gasteiger partial charge in [0.2, 0.25) is 0 Å². The molecule has 0 radical (unpaired) electrons. The lowest BCUT2D eigenvalue weighted by Crippen LogP contribution is -2.07. The van der Waals surface area contributed by atoms with E-state index in [1.54, 1.807) is 14.2 Å². The van der Waals surface area contributed by atoms with Gasteiger partial charge in [0, 0.05) is 11.1 Å². The van der Waals surface area contributed by atoms with E-state index in [9.17, 15) is 0 Å². The molecule has 0 amide bonds. The van der Waals surface area contributed by atoms with E-state index < -0.39 is 0 Å². The second kappa shape index (κ2) is 7.14. The zero-order valence-electron chi connectivity index (χ0n) is 13.0. The van der Waals surface area contributed by atoms with Crippen molar-refractivity contribution in [2.75, 3.05) is 14.2 Å². The molecule has 0 saturated heterocycles. The first-order chi connectivity index (χ1) is 10.2. The Balaban J connectivity index is 2.17. The highest BCUT2D eigenvalue weighted by atomic mass is 16.5. The first-order valence-electron chi connectivity index (χ1n) is 7.08. The number of hydrogen-bond acceptors (Lipinski definition) is 3. The van der Waals surface area contributed by atoms with Crippen LogP contribution >= 0.6 is 0 Å². The number of benzene rings is 2. The molecular weight excluding hydrogens is 264 g/mol. The van der Waals surface area contributed by atoms with Crippen molar-refractivity contribution < 1.29 is 14.2 Å². The molecule has 3 heteroatoms. The summed E-state index contributed by atoms with van der Waals surface area (Å²) < 4.78 is 16.9. The standard InChI is InChI=1S/C18H22O3/c1-13(15-9-5-7-11-17(15)19-3)21-14(2)16-10-6-8-12-18(16)20-4/h5-14H,1-4H3. The van der Waals surface area contributed by atoms with Crippen LogP contribution in [0.2, 0.25) is 0 Å². The molecule has 21 heavy (non-hydrogen) atoms. The lowest BCUT2D eigenvalue weighted by molar-refractivity contribution is 0.00361. The van der Waals surface area contributed by atoms with Gasteiger partial charge in [-0.05, 0) is 26.0 Å². The van der Waals surface area contributed by atoms with Crippen LogP contribution in [-0.4, -0.2) is 14.2 Å². The Labute approximate surface area is 126 Å². The van der Waals surface area contributed by atoms with Gasteiger partial charge >= 0.3 is 0 Å². The molecule has 2 aromatic rings. The molecule has 3 nitrogen and oxygen atoms in total. The summed E-state index contributed by atoms with van der Waals surface area (Å²) in [5.74, 6) is 1.69. The van der Waals surface area contributed by atoms with Gasteiger partial charge in [-0.1, -0.05) is 36.4 Å². The second-order valence-corrected chi connectivity index (χ2v) is 4.90. The molecule has 0 aliphatic rings. The zero-order chi connectivity index (χ0) is 15.2. The first kappa shape index (κ1) is 15.4. The largest absolute Gasteiger partial charge is 0.496 e. The van der Waals surface area contributed by atoms with Crippen molar-refractivity contribution in [1.82, 2.24) is 0 Å². The van der Waals surface area contributed by atoms with Crippen LogP contribution in [0.4, 0.5) is 0 Å². The predicted molar refractivity (Wildman–Crippen MR) is 83.9 cm³/mol. The van der Waals surface area contributed by atoms with Crippen molar-refractivity contribution in [2.24, 2.45) is 0 Å². The van der Waals surface area contributed by atoms with E-state index in [4.69, 9.17) is 14.2 Å². The van der Waals surface area contributed by atoms with E-state index in [1.165, 1.54) is 0 Å². The quantitative estimate of drug-likeness (QED) is 0.780. The van der Waals surface area contributed by atoms with Crippen molar-refractivity contribution in [3.05, 3.63) is 59.7 Å². The maximum atomic E-state index is 6.15. The smallest absolute Gasteiger partial charge is 0.124 e. The summed E-state index contributed by atoms with van der Waals surface area (Å²) in [6.07, 6.45) is -0.137. The molecule has 112 valence electrons. The summed E-state index contributed by atoms with van der Waals surface area (Å²) >= 11 is 0. The Morgan fingerprint density at radius 1 is 0.667 bits per heavy atom. The van der Waals surface area contributed by atoms with Crippen molar-refractivity contribution in [3.63, 3.8) is 0 Å². The number of methoxy groups -OCH3 is 2. The van der Waals surface area contributed by atoms with Crippen LogP contribution in [0, 0.1) is 0 Å². The summed E-state index contributed by atoms with van der Waals surface area (Å²) in [6.45, 7) is 4.06. The van der Waals surface area contributed by atoms with Gasteiger partial charge in [-0.25, -0.2) is 0 Å². The predicted octanol–water partition coefficient (Wildman–Crippen LogP) is 4.54. The summed E-state index contributed by atoms with van der Waals surface area (Å²) in [6, 6.07) is 15.8. The van der Waals surface area contributed by atoms with Crippen LogP contribution < -0.4 is 9.47 Å². The van der Waals surface area contributed by atoms with E-state index in [2.05, 4.69) is 0 Å². The minimum atomic E-state index is -0.0685. The topological polar surface area (TPSA) is 27.7 Å². The maximum absolute atomic E-state index is 6.15. The Hall–Kier alpha value is -2.00. The molecule has 2 aromatic carbocycles. The molecule has 2 rings (SSSR count). The van der Waals surface area contributed by atoms with Gasteiger partial charge in [0.25, 0.3) is 0 Å². The Morgan fingerprint density at radius 2 is 1.05 bits per heavy atom. The van der Waals surface area contributed by atoms with Gasteiger partial charge in [0.15, 0.2) is 0 Å². The first-order valence-corrected chi connectivity index (χ1v) is 7.08. The van der Waals surface area contributed by atoms with Gasteiger partial charge in [0.05, 0.1) is 26.4 Å². The minimum absolute atomic E-state index is 0.0685. The van der Waals surface area contributed by atoms with Crippen LogP contribution in [0.3, 0.4) is 0 Å². The van der Waals surface area contributed by atoms with Crippen LogP contribution in [0.25, 0.3) is 0 Å². The molecule has 0 spiro atoms. The van der Waals surface area contributed by atoms with E-state index in [0.717, 1.165) is 22.6 Å². The van der Waals surface area contributed by atoms with Crippen molar-refractivity contribution >= 4 is 0 Å². The zero-order valence-corrected chi connectivity index (χ0v) is 13.0. The minimum Gasteiger partial charge on any atom is -0.496 e. The second-order valence-electron chi connectivity index (χ2n) is 4.90. The lowest BCUT2D eigenvalue weighted by atomic mass is 10.1. The van der Waals surface area contributed by atoms with Crippen LogP contribution in [-0.2, 0) is 4.74 Å².